The summed E-state index contributed by atoms with van der Waals surface area (Å²) >= 11 is 22.5. The number of nitrogens with one attached hydrogen (secondary N) is 1. The molecule has 4 rings (SSSR count). The van der Waals surface area contributed by atoms with E-state index in [1.54, 1.807) is 37.4 Å². The highest BCUT2D eigenvalue weighted by Crippen LogP contribution is 2.33. The van der Waals surface area contributed by atoms with Crippen LogP contribution < -0.4 is 10.1 Å². The Hall–Kier alpha value is -2.42. The van der Waals surface area contributed by atoms with Gasteiger partial charge in [-0.15, -0.1) is 0 Å². The zero-order valence-electron chi connectivity index (χ0n) is 19.0. The van der Waals surface area contributed by atoms with E-state index >= 15 is 0 Å². The second-order valence-corrected chi connectivity index (χ2v) is 10.0. The molecule has 10 heteroatoms. The Morgan fingerprint density at radius 2 is 1.81 bits per heavy atom. The largest absolute Gasteiger partial charge is 0.490 e. The molecule has 36 heavy (non-hydrogen) atoms. The SMILES string of the molecule is COCCOc1ccc(Br)cc1C(=O)NC1N=C(c2c(Cl)cc(Cl)cc2Cl)c2ccccc2CC1=O. The molecule has 0 radical (unpaired) electrons. The monoisotopic (exact) mass is 608 g/mol. The van der Waals surface area contributed by atoms with Crippen LogP contribution in [0.3, 0.4) is 0 Å². The molecule has 186 valence electrons. The van der Waals surface area contributed by atoms with Gasteiger partial charge in [-0.2, -0.15) is 0 Å². The Morgan fingerprint density at radius 1 is 1.08 bits per heavy atom. The first-order valence-corrected chi connectivity index (χ1v) is 12.8. The summed E-state index contributed by atoms with van der Waals surface area (Å²) in [7, 11) is 1.56. The summed E-state index contributed by atoms with van der Waals surface area (Å²) in [6.07, 6.45) is -1.12. The number of benzene rings is 3. The molecule has 1 heterocycles. The van der Waals surface area contributed by atoms with Crippen molar-refractivity contribution in [3.63, 3.8) is 0 Å². The number of nitrogens with zero attached hydrogens (tertiary/aromatic N) is 1. The van der Waals surface area contributed by atoms with Crippen LogP contribution in [0.15, 0.2) is 64.1 Å². The zero-order valence-corrected chi connectivity index (χ0v) is 22.8. The molecule has 1 N–H and O–H groups in total. The molecule has 1 amide bonds. The minimum absolute atomic E-state index is 0.0621. The van der Waals surface area contributed by atoms with Gasteiger partial charge in [0, 0.05) is 34.2 Å². The van der Waals surface area contributed by atoms with Crippen LogP contribution in [0.25, 0.3) is 0 Å². The second-order valence-electron chi connectivity index (χ2n) is 7.88. The lowest BCUT2D eigenvalue weighted by atomic mass is 9.96. The average Bonchev–Trinajstić information content (AvgIpc) is 2.96. The number of hydrogen-bond donors (Lipinski definition) is 1. The fourth-order valence-corrected chi connectivity index (χ4v) is 5.14. The molecule has 0 bridgehead atoms. The molecule has 0 fully saturated rings. The maximum Gasteiger partial charge on any atom is 0.257 e. The highest BCUT2D eigenvalue weighted by atomic mass is 79.9. The topological polar surface area (TPSA) is 77.0 Å². The molecule has 0 saturated carbocycles. The van der Waals surface area contributed by atoms with Crippen LogP contribution in [0.1, 0.15) is 27.0 Å². The van der Waals surface area contributed by atoms with E-state index in [9.17, 15) is 9.59 Å². The summed E-state index contributed by atoms with van der Waals surface area (Å²) in [5, 5.41) is 3.67. The first-order valence-electron chi connectivity index (χ1n) is 10.8. The molecular formula is C26H20BrCl3N2O4. The van der Waals surface area contributed by atoms with E-state index < -0.39 is 12.1 Å². The molecule has 1 atom stereocenters. The molecule has 1 unspecified atom stereocenters. The molecule has 1 aliphatic rings. The Bertz CT molecular complexity index is 1340. The van der Waals surface area contributed by atoms with Crippen molar-refractivity contribution in [3.8, 4) is 5.75 Å². The number of rotatable bonds is 7. The first kappa shape index (κ1) is 26.6. The molecule has 0 spiro atoms. The van der Waals surface area contributed by atoms with Gasteiger partial charge < -0.3 is 14.8 Å². The maximum absolute atomic E-state index is 13.3. The highest BCUT2D eigenvalue weighted by Gasteiger charge is 2.30. The normalized spacial score (nSPS) is 15.1. The smallest absolute Gasteiger partial charge is 0.257 e. The van der Waals surface area contributed by atoms with Gasteiger partial charge in [-0.1, -0.05) is 75.0 Å². The number of hydrogen-bond acceptors (Lipinski definition) is 5. The third-order valence-electron chi connectivity index (χ3n) is 5.44. The molecule has 6 nitrogen and oxygen atoms in total. The lowest BCUT2D eigenvalue weighted by Gasteiger charge is -2.17. The van der Waals surface area contributed by atoms with Crippen molar-refractivity contribution in [2.75, 3.05) is 20.3 Å². The van der Waals surface area contributed by atoms with Gasteiger partial charge in [-0.25, -0.2) is 0 Å². The van der Waals surface area contributed by atoms with Crippen LogP contribution >= 0.6 is 50.7 Å². The number of Topliss-reactive ketones (excluding diaryl/α,β-unsaturated/α-hetero) is 1. The van der Waals surface area contributed by atoms with Crippen molar-refractivity contribution in [1.29, 1.82) is 0 Å². The minimum Gasteiger partial charge on any atom is -0.490 e. The van der Waals surface area contributed by atoms with E-state index in [0.717, 1.165) is 5.56 Å². The van der Waals surface area contributed by atoms with Crippen LogP contribution in [0.2, 0.25) is 15.1 Å². The number of amides is 1. The van der Waals surface area contributed by atoms with Crippen LogP contribution in [-0.4, -0.2) is 43.9 Å². The number of ketones is 1. The lowest BCUT2D eigenvalue weighted by molar-refractivity contribution is -0.120. The van der Waals surface area contributed by atoms with Crippen molar-refractivity contribution in [2.45, 2.75) is 12.6 Å². The van der Waals surface area contributed by atoms with Gasteiger partial charge in [-0.3, -0.25) is 14.6 Å². The number of carbonyl (C=O) groups is 2. The third-order valence-corrected chi connectivity index (χ3v) is 6.75. The number of aliphatic imine (C=N–C) groups is 1. The van der Waals surface area contributed by atoms with Crippen molar-refractivity contribution < 1.29 is 19.1 Å². The Kier molecular flexibility index (Phi) is 8.70. The Morgan fingerprint density at radius 3 is 2.53 bits per heavy atom. The van der Waals surface area contributed by atoms with Crippen molar-refractivity contribution in [2.24, 2.45) is 4.99 Å². The van der Waals surface area contributed by atoms with Gasteiger partial charge in [0.25, 0.3) is 5.91 Å². The molecule has 3 aromatic carbocycles. The maximum atomic E-state index is 13.3. The number of carbonyl (C=O) groups excluding carboxylic acids is 2. The van der Waals surface area contributed by atoms with Gasteiger partial charge in [-0.05, 0) is 35.9 Å². The fraction of sp³-hybridized carbons (Fsp3) is 0.192. The van der Waals surface area contributed by atoms with Crippen LogP contribution in [0, 0.1) is 0 Å². The van der Waals surface area contributed by atoms with Gasteiger partial charge in [0.2, 0.25) is 0 Å². The van der Waals surface area contributed by atoms with Gasteiger partial charge in [0.05, 0.1) is 27.9 Å². The molecular weight excluding hydrogens is 591 g/mol. The molecule has 1 aliphatic heterocycles. The summed E-state index contributed by atoms with van der Waals surface area (Å²) in [5.74, 6) is -0.460. The van der Waals surface area contributed by atoms with E-state index in [0.29, 0.717) is 38.7 Å². The predicted octanol–water partition coefficient (Wildman–Crippen LogP) is 6.15. The van der Waals surface area contributed by atoms with Gasteiger partial charge in [0.15, 0.2) is 11.9 Å². The Balaban J connectivity index is 1.75. The number of fused-ring (bicyclic) bond motifs is 1. The molecule has 0 saturated heterocycles. The number of methoxy groups -OCH3 is 1. The summed E-state index contributed by atoms with van der Waals surface area (Å²) in [6, 6.07) is 15.5. The lowest BCUT2D eigenvalue weighted by Crippen LogP contribution is -2.40. The van der Waals surface area contributed by atoms with E-state index in [1.165, 1.54) is 0 Å². The van der Waals surface area contributed by atoms with Crippen LogP contribution in [0.4, 0.5) is 0 Å². The highest BCUT2D eigenvalue weighted by molar-refractivity contribution is 9.10. The summed E-state index contributed by atoms with van der Waals surface area (Å²) in [6.45, 7) is 0.610. The fourth-order valence-electron chi connectivity index (χ4n) is 3.78. The van der Waals surface area contributed by atoms with Gasteiger partial charge >= 0.3 is 0 Å². The number of halogens is 4. The van der Waals surface area contributed by atoms with Crippen molar-refractivity contribution >= 4 is 68.1 Å². The molecule has 0 aliphatic carbocycles. The quantitative estimate of drug-likeness (QED) is 0.326. The van der Waals surface area contributed by atoms with E-state index in [4.69, 9.17) is 44.3 Å². The number of ether oxygens (including phenoxy) is 2. The Labute approximate surface area is 231 Å². The zero-order chi connectivity index (χ0) is 25.8. The predicted molar refractivity (Wildman–Crippen MR) is 145 cm³/mol. The second kappa shape index (κ2) is 11.8. The van der Waals surface area contributed by atoms with E-state index in [2.05, 4.69) is 26.2 Å². The standard InChI is InChI=1S/C26H20BrCl3N2O4/c1-35-8-9-36-22-7-6-15(27)11-18(22)26(34)32-25-21(33)10-14-4-2-3-5-17(14)24(31-25)23-19(29)12-16(28)13-20(23)30/h2-7,11-13,25H,8-10H2,1H3,(H,32,34). The first-order chi connectivity index (χ1) is 17.3. The van der Waals surface area contributed by atoms with E-state index in [1.807, 2.05) is 24.3 Å². The van der Waals surface area contributed by atoms with E-state index in [-0.39, 0.29) is 34.4 Å². The van der Waals surface area contributed by atoms with Crippen molar-refractivity contribution in [1.82, 2.24) is 5.32 Å². The molecule has 3 aromatic rings. The van der Waals surface area contributed by atoms with Crippen LogP contribution in [-0.2, 0) is 16.0 Å². The summed E-state index contributed by atoms with van der Waals surface area (Å²) in [5.41, 5.74) is 2.50. The average molecular weight is 611 g/mol. The molecule has 0 aromatic heterocycles. The summed E-state index contributed by atoms with van der Waals surface area (Å²) in [4.78, 5) is 31.2. The van der Waals surface area contributed by atoms with Gasteiger partial charge in [0.1, 0.15) is 12.4 Å². The third kappa shape index (κ3) is 5.93. The van der Waals surface area contributed by atoms with Crippen molar-refractivity contribution in [3.05, 3.63) is 96.4 Å². The minimum atomic E-state index is -1.19. The van der Waals surface area contributed by atoms with Crippen LogP contribution in [0.5, 0.6) is 5.75 Å². The summed E-state index contributed by atoms with van der Waals surface area (Å²) < 4.78 is 11.4.